The van der Waals surface area contributed by atoms with Crippen LogP contribution in [0.4, 0.5) is 24.8 Å². The number of anilines is 2. The van der Waals surface area contributed by atoms with Crippen LogP contribution in [0.2, 0.25) is 5.02 Å². The minimum atomic E-state index is -4.69. The zero-order valence-corrected chi connectivity index (χ0v) is 16.5. The summed E-state index contributed by atoms with van der Waals surface area (Å²) < 4.78 is 46.4. The molecule has 0 saturated carbocycles. The van der Waals surface area contributed by atoms with Gasteiger partial charge in [0, 0.05) is 6.54 Å². The van der Waals surface area contributed by atoms with Crippen LogP contribution in [0.25, 0.3) is 5.82 Å². The van der Waals surface area contributed by atoms with E-state index in [9.17, 15) is 18.0 Å². The Morgan fingerprint density at radius 1 is 1.30 bits per heavy atom. The van der Waals surface area contributed by atoms with Crippen LogP contribution in [0.5, 0.6) is 0 Å². The summed E-state index contributed by atoms with van der Waals surface area (Å²) in [5, 5.41) is 6.28. The lowest BCUT2D eigenvalue weighted by Gasteiger charge is -2.16. The van der Waals surface area contributed by atoms with Crippen molar-refractivity contribution < 1.29 is 22.7 Å². The third kappa shape index (κ3) is 4.48. The van der Waals surface area contributed by atoms with Gasteiger partial charge in [-0.15, -0.1) is 0 Å². The summed E-state index contributed by atoms with van der Waals surface area (Å²) in [5.41, 5.74) is 5.60. The maximum atomic E-state index is 13.5. The predicted octanol–water partition coefficient (Wildman–Crippen LogP) is 4.31. The predicted molar refractivity (Wildman–Crippen MR) is 106 cm³/mol. The monoisotopic (exact) mass is 439 g/mol. The second-order valence-corrected chi connectivity index (χ2v) is 6.51. The minimum Gasteiger partial charge on any atom is -0.462 e. The van der Waals surface area contributed by atoms with Crippen LogP contribution < -0.4 is 11.1 Å². The molecule has 0 fully saturated rings. The van der Waals surface area contributed by atoms with Crippen LogP contribution in [0.1, 0.15) is 28.4 Å². The first-order valence-electron chi connectivity index (χ1n) is 8.79. The molecule has 0 spiro atoms. The molecule has 3 N–H and O–H groups in total. The van der Waals surface area contributed by atoms with Gasteiger partial charge in [-0.2, -0.15) is 23.0 Å². The van der Waals surface area contributed by atoms with E-state index >= 15 is 0 Å². The third-order valence-corrected chi connectivity index (χ3v) is 4.35. The Balaban J connectivity index is 2.03. The van der Waals surface area contributed by atoms with E-state index in [-0.39, 0.29) is 35.4 Å². The van der Waals surface area contributed by atoms with Crippen LogP contribution in [0, 0.1) is 0 Å². The van der Waals surface area contributed by atoms with Crippen molar-refractivity contribution in [3.63, 3.8) is 0 Å². The summed E-state index contributed by atoms with van der Waals surface area (Å²) in [6.07, 6.45) is -3.56. The SMILES string of the molecule is CCOC(=O)c1cnn(-c2nc(NCc3ccccc3)c(C(F)(F)F)cc2Cl)c1N. The molecule has 0 bridgehead atoms. The van der Waals surface area contributed by atoms with Gasteiger partial charge in [0.1, 0.15) is 17.2 Å². The van der Waals surface area contributed by atoms with Crippen molar-refractivity contribution >= 4 is 29.2 Å². The summed E-state index contributed by atoms with van der Waals surface area (Å²) in [5.74, 6) is -1.48. The number of carbonyl (C=O) groups excluding carboxylic acids is 1. The number of pyridine rings is 1. The Bertz CT molecular complexity index is 1050. The molecule has 0 aliphatic carbocycles. The number of rotatable bonds is 6. The number of carbonyl (C=O) groups is 1. The normalized spacial score (nSPS) is 11.4. The second kappa shape index (κ2) is 8.62. The summed E-state index contributed by atoms with van der Waals surface area (Å²) in [7, 11) is 0. The zero-order valence-electron chi connectivity index (χ0n) is 15.7. The van der Waals surface area contributed by atoms with Crippen LogP contribution >= 0.6 is 11.6 Å². The van der Waals surface area contributed by atoms with E-state index in [0.29, 0.717) is 0 Å². The lowest BCUT2D eigenvalue weighted by molar-refractivity contribution is -0.137. The number of nitrogens with two attached hydrogens (primary N) is 1. The van der Waals surface area contributed by atoms with Gasteiger partial charge in [0.25, 0.3) is 0 Å². The molecule has 2 aromatic heterocycles. The Morgan fingerprint density at radius 3 is 2.63 bits per heavy atom. The average molecular weight is 440 g/mol. The van der Waals surface area contributed by atoms with E-state index in [1.165, 1.54) is 0 Å². The van der Waals surface area contributed by atoms with Crippen molar-refractivity contribution in [2.75, 3.05) is 17.7 Å². The summed E-state index contributed by atoms with van der Waals surface area (Å²) in [6.45, 7) is 1.84. The van der Waals surface area contributed by atoms with Gasteiger partial charge >= 0.3 is 12.1 Å². The first-order valence-corrected chi connectivity index (χ1v) is 9.16. The number of esters is 1. The Hall–Kier alpha value is -3.27. The fourth-order valence-electron chi connectivity index (χ4n) is 2.65. The fraction of sp³-hybridized carbons (Fsp3) is 0.211. The van der Waals surface area contributed by atoms with E-state index in [0.717, 1.165) is 22.5 Å². The maximum Gasteiger partial charge on any atom is 0.420 e. The van der Waals surface area contributed by atoms with Gasteiger partial charge in [-0.1, -0.05) is 41.9 Å². The van der Waals surface area contributed by atoms with Crippen molar-refractivity contribution in [2.24, 2.45) is 0 Å². The summed E-state index contributed by atoms with van der Waals surface area (Å²) in [4.78, 5) is 15.9. The molecule has 0 aliphatic heterocycles. The van der Waals surface area contributed by atoms with Crippen molar-refractivity contribution in [3.8, 4) is 5.82 Å². The van der Waals surface area contributed by atoms with Gasteiger partial charge in [0.2, 0.25) is 0 Å². The quantitative estimate of drug-likeness (QED) is 0.556. The Kier molecular flexibility index (Phi) is 6.16. The summed E-state index contributed by atoms with van der Waals surface area (Å²) in [6, 6.07) is 9.59. The van der Waals surface area contributed by atoms with Crippen LogP contribution in [0.15, 0.2) is 42.6 Å². The van der Waals surface area contributed by atoms with Crippen LogP contribution in [-0.4, -0.2) is 27.3 Å². The van der Waals surface area contributed by atoms with E-state index in [1.54, 1.807) is 37.3 Å². The van der Waals surface area contributed by atoms with Gasteiger partial charge in [0.05, 0.1) is 23.4 Å². The van der Waals surface area contributed by atoms with E-state index in [4.69, 9.17) is 22.1 Å². The molecule has 0 atom stereocenters. The molecule has 3 aromatic rings. The first kappa shape index (κ1) is 21.4. The van der Waals surface area contributed by atoms with Gasteiger partial charge in [-0.3, -0.25) is 0 Å². The molecule has 7 nitrogen and oxygen atoms in total. The second-order valence-electron chi connectivity index (χ2n) is 6.10. The minimum absolute atomic E-state index is 0.0478. The highest BCUT2D eigenvalue weighted by Crippen LogP contribution is 2.37. The molecule has 0 unspecified atom stereocenters. The van der Waals surface area contributed by atoms with Crippen molar-refractivity contribution in [1.82, 2.24) is 14.8 Å². The van der Waals surface area contributed by atoms with Gasteiger partial charge in [0.15, 0.2) is 5.82 Å². The molecule has 0 radical (unpaired) electrons. The lowest BCUT2D eigenvalue weighted by Crippen LogP contribution is -2.16. The van der Waals surface area contributed by atoms with Gasteiger partial charge in [-0.25, -0.2) is 9.78 Å². The Labute approximate surface area is 174 Å². The maximum absolute atomic E-state index is 13.5. The smallest absolute Gasteiger partial charge is 0.420 e. The highest BCUT2D eigenvalue weighted by Gasteiger charge is 2.36. The average Bonchev–Trinajstić information content (AvgIpc) is 3.08. The first-order chi connectivity index (χ1) is 14.2. The zero-order chi connectivity index (χ0) is 21.9. The molecular weight excluding hydrogens is 423 g/mol. The lowest BCUT2D eigenvalue weighted by atomic mass is 10.2. The highest BCUT2D eigenvalue weighted by molar-refractivity contribution is 6.32. The number of nitrogens with one attached hydrogen (secondary N) is 1. The Morgan fingerprint density at radius 2 is 2.00 bits per heavy atom. The number of nitrogens with zero attached hydrogens (tertiary/aromatic N) is 3. The molecule has 30 heavy (non-hydrogen) atoms. The third-order valence-electron chi connectivity index (χ3n) is 4.07. The molecule has 11 heteroatoms. The van der Waals surface area contributed by atoms with E-state index < -0.39 is 23.5 Å². The number of aromatic nitrogens is 3. The molecule has 1 aromatic carbocycles. The number of benzene rings is 1. The molecule has 2 heterocycles. The van der Waals surface area contributed by atoms with Crippen molar-refractivity contribution in [2.45, 2.75) is 19.6 Å². The molecule has 0 amide bonds. The van der Waals surface area contributed by atoms with Crippen molar-refractivity contribution in [3.05, 3.63) is 64.3 Å². The fourth-order valence-corrected chi connectivity index (χ4v) is 2.88. The number of halogens is 4. The van der Waals surface area contributed by atoms with Crippen molar-refractivity contribution in [1.29, 1.82) is 0 Å². The topological polar surface area (TPSA) is 95.1 Å². The standard InChI is InChI=1S/C19H17ClF3N5O2/c1-2-30-18(29)12-10-26-28(15(12)24)17-14(20)8-13(19(21,22)23)16(27-17)25-9-11-6-4-3-5-7-11/h3-8,10H,2,9,24H2,1H3,(H,25,27). The van der Waals surface area contributed by atoms with Crippen LogP contribution in [-0.2, 0) is 17.5 Å². The number of hydrogen-bond acceptors (Lipinski definition) is 6. The highest BCUT2D eigenvalue weighted by atomic mass is 35.5. The molecule has 158 valence electrons. The molecular formula is C19H17ClF3N5O2. The number of hydrogen-bond donors (Lipinski definition) is 2. The number of nitrogen functional groups attached to an aromatic ring is 1. The number of ether oxygens (including phenoxy) is 1. The van der Waals surface area contributed by atoms with Gasteiger partial charge in [-0.05, 0) is 18.6 Å². The largest absolute Gasteiger partial charge is 0.462 e. The van der Waals surface area contributed by atoms with Gasteiger partial charge < -0.3 is 15.8 Å². The summed E-state index contributed by atoms with van der Waals surface area (Å²) >= 11 is 6.06. The molecule has 0 saturated heterocycles. The van der Waals surface area contributed by atoms with E-state index in [2.05, 4.69) is 15.4 Å². The number of alkyl halides is 3. The molecule has 0 aliphatic rings. The molecule has 3 rings (SSSR count). The van der Waals surface area contributed by atoms with Crippen LogP contribution in [0.3, 0.4) is 0 Å². The van der Waals surface area contributed by atoms with E-state index in [1.807, 2.05) is 0 Å².